The molecule has 112 valence electrons. The van der Waals surface area contributed by atoms with Crippen molar-refractivity contribution in [2.45, 2.75) is 0 Å². The van der Waals surface area contributed by atoms with Gasteiger partial charge < -0.3 is 10.4 Å². The first kappa shape index (κ1) is 15.0. The van der Waals surface area contributed by atoms with Crippen molar-refractivity contribution in [2.24, 2.45) is 0 Å². The van der Waals surface area contributed by atoms with E-state index >= 15 is 0 Å². The van der Waals surface area contributed by atoms with Gasteiger partial charge in [-0.05, 0) is 12.1 Å². The number of benzene rings is 1. The molecule has 1 heterocycles. The number of hydrogen-bond donors (Lipinski definition) is 2. The number of halogens is 1. The maximum absolute atomic E-state index is 13.2. The van der Waals surface area contributed by atoms with Gasteiger partial charge in [0.25, 0.3) is 5.91 Å². The lowest BCUT2D eigenvalue weighted by Gasteiger charge is -2.06. The van der Waals surface area contributed by atoms with E-state index in [2.05, 4.69) is 15.3 Å². The van der Waals surface area contributed by atoms with Gasteiger partial charge in [0, 0.05) is 24.1 Å². The standard InChI is InChI=1S/C12H7FN4O5/c13-7-2-1-6(5-8(7)17(21)22)16-11(18)9-10(12(19)20)15-4-3-14-9/h1-5H,(H,16,18)(H,19,20). The molecule has 9 nitrogen and oxygen atoms in total. The van der Waals surface area contributed by atoms with E-state index in [9.17, 15) is 24.1 Å². The third-order valence-electron chi connectivity index (χ3n) is 2.52. The van der Waals surface area contributed by atoms with E-state index in [1.54, 1.807) is 0 Å². The van der Waals surface area contributed by atoms with E-state index in [1.165, 1.54) is 0 Å². The van der Waals surface area contributed by atoms with Gasteiger partial charge in [0.05, 0.1) is 4.92 Å². The number of nitrogens with one attached hydrogen (secondary N) is 1. The lowest BCUT2D eigenvalue weighted by molar-refractivity contribution is -0.387. The Morgan fingerprint density at radius 2 is 1.86 bits per heavy atom. The Balaban J connectivity index is 2.32. The fourth-order valence-electron chi connectivity index (χ4n) is 1.58. The number of carboxylic acids is 1. The van der Waals surface area contributed by atoms with Crippen LogP contribution in [0, 0.1) is 15.9 Å². The third kappa shape index (κ3) is 3.00. The average Bonchev–Trinajstić information content (AvgIpc) is 2.48. The second kappa shape index (κ2) is 5.91. The first-order chi connectivity index (χ1) is 10.4. The Morgan fingerprint density at radius 1 is 1.23 bits per heavy atom. The SMILES string of the molecule is O=C(O)c1nccnc1C(=O)Nc1ccc(F)c([N+](=O)[O-])c1. The molecule has 0 aliphatic heterocycles. The molecule has 0 fully saturated rings. The number of anilines is 1. The lowest BCUT2D eigenvalue weighted by atomic mass is 10.2. The molecule has 0 saturated heterocycles. The summed E-state index contributed by atoms with van der Waals surface area (Å²) >= 11 is 0. The van der Waals surface area contributed by atoms with E-state index in [4.69, 9.17) is 5.11 Å². The van der Waals surface area contributed by atoms with Crippen LogP contribution < -0.4 is 5.32 Å². The predicted molar refractivity (Wildman–Crippen MR) is 70.0 cm³/mol. The maximum atomic E-state index is 13.2. The molecule has 10 heteroatoms. The normalized spacial score (nSPS) is 10.0. The molecule has 0 saturated carbocycles. The minimum absolute atomic E-state index is 0.0832. The highest BCUT2D eigenvalue weighted by molar-refractivity contribution is 6.08. The summed E-state index contributed by atoms with van der Waals surface area (Å²) in [6.45, 7) is 0. The fraction of sp³-hybridized carbons (Fsp3) is 0. The van der Waals surface area contributed by atoms with E-state index in [0.29, 0.717) is 0 Å². The van der Waals surface area contributed by atoms with E-state index < -0.39 is 39.7 Å². The average molecular weight is 306 g/mol. The largest absolute Gasteiger partial charge is 0.476 e. The monoisotopic (exact) mass is 306 g/mol. The molecule has 0 aliphatic rings. The molecule has 0 spiro atoms. The summed E-state index contributed by atoms with van der Waals surface area (Å²) in [5.41, 5.74) is -1.95. The van der Waals surface area contributed by atoms with Gasteiger partial charge in [0.15, 0.2) is 11.4 Å². The molecule has 0 atom stereocenters. The van der Waals surface area contributed by atoms with Crippen LogP contribution in [0.15, 0.2) is 30.6 Å². The zero-order valence-electron chi connectivity index (χ0n) is 10.7. The highest BCUT2D eigenvalue weighted by atomic mass is 19.1. The Morgan fingerprint density at radius 3 is 2.45 bits per heavy atom. The van der Waals surface area contributed by atoms with Gasteiger partial charge in [-0.25, -0.2) is 14.8 Å². The van der Waals surface area contributed by atoms with Crippen molar-refractivity contribution in [3.05, 3.63) is 57.9 Å². The zero-order chi connectivity index (χ0) is 16.3. The Bertz CT molecular complexity index is 780. The van der Waals surface area contributed by atoms with Crippen LogP contribution in [0.2, 0.25) is 0 Å². The highest BCUT2D eigenvalue weighted by Gasteiger charge is 2.21. The molecule has 1 aromatic carbocycles. The number of nitrogens with zero attached hydrogens (tertiary/aromatic N) is 3. The van der Waals surface area contributed by atoms with Crippen LogP contribution in [0.1, 0.15) is 21.0 Å². The molecule has 22 heavy (non-hydrogen) atoms. The van der Waals surface area contributed by atoms with Crippen molar-refractivity contribution in [1.29, 1.82) is 0 Å². The van der Waals surface area contributed by atoms with E-state index in [-0.39, 0.29) is 5.69 Å². The van der Waals surface area contributed by atoms with E-state index in [0.717, 1.165) is 30.6 Å². The first-order valence-electron chi connectivity index (χ1n) is 5.69. The number of rotatable bonds is 4. The Labute approximate surface area is 121 Å². The molecule has 2 N–H and O–H groups in total. The van der Waals surface area contributed by atoms with Crippen molar-refractivity contribution in [2.75, 3.05) is 5.32 Å². The van der Waals surface area contributed by atoms with Crippen LogP contribution in [0.25, 0.3) is 0 Å². The van der Waals surface area contributed by atoms with E-state index in [1.807, 2.05) is 0 Å². The van der Waals surface area contributed by atoms with Gasteiger partial charge in [-0.1, -0.05) is 0 Å². The Hall–Kier alpha value is -3.43. The maximum Gasteiger partial charge on any atom is 0.356 e. The predicted octanol–water partition coefficient (Wildman–Crippen LogP) is 1.47. The summed E-state index contributed by atoms with van der Waals surface area (Å²) in [5.74, 6) is -3.46. The molecule has 0 unspecified atom stereocenters. The molecule has 1 amide bonds. The number of nitro benzene ring substituents is 1. The first-order valence-corrected chi connectivity index (χ1v) is 5.69. The quantitative estimate of drug-likeness (QED) is 0.644. The number of aromatic carboxylic acids is 1. The molecule has 2 aromatic rings. The number of amides is 1. The van der Waals surface area contributed by atoms with Gasteiger partial charge in [-0.2, -0.15) is 4.39 Å². The number of carboxylic acid groups (broad SMARTS) is 1. The van der Waals surface area contributed by atoms with Gasteiger partial charge in [-0.15, -0.1) is 0 Å². The summed E-state index contributed by atoms with van der Waals surface area (Å²) in [4.78, 5) is 39.7. The number of nitro groups is 1. The highest BCUT2D eigenvalue weighted by Crippen LogP contribution is 2.22. The van der Waals surface area contributed by atoms with Gasteiger partial charge in [0.2, 0.25) is 5.82 Å². The molecule has 0 radical (unpaired) electrons. The molecule has 2 rings (SSSR count). The summed E-state index contributed by atoms with van der Waals surface area (Å²) in [7, 11) is 0. The number of carbonyl (C=O) groups excluding carboxylic acids is 1. The zero-order valence-corrected chi connectivity index (χ0v) is 10.7. The number of carbonyl (C=O) groups is 2. The lowest BCUT2D eigenvalue weighted by Crippen LogP contribution is -2.19. The van der Waals surface area contributed by atoms with Crippen LogP contribution in [0.3, 0.4) is 0 Å². The smallest absolute Gasteiger partial charge is 0.356 e. The molecular formula is C12H7FN4O5. The fourth-order valence-corrected chi connectivity index (χ4v) is 1.58. The number of hydrogen-bond acceptors (Lipinski definition) is 6. The molecule has 1 aromatic heterocycles. The molecule has 0 aliphatic carbocycles. The summed E-state index contributed by atoms with van der Waals surface area (Å²) < 4.78 is 13.2. The van der Waals surface area contributed by atoms with Crippen molar-refractivity contribution in [3.8, 4) is 0 Å². The minimum atomic E-state index is -1.46. The van der Waals surface area contributed by atoms with Crippen molar-refractivity contribution in [1.82, 2.24) is 9.97 Å². The van der Waals surface area contributed by atoms with Gasteiger partial charge in [-0.3, -0.25) is 14.9 Å². The van der Waals surface area contributed by atoms with Crippen molar-refractivity contribution >= 4 is 23.3 Å². The summed E-state index contributed by atoms with van der Waals surface area (Å²) in [6, 6.07) is 2.71. The summed E-state index contributed by atoms with van der Waals surface area (Å²) in [5, 5.41) is 21.7. The van der Waals surface area contributed by atoms with Crippen molar-refractivity contribution < 1.29 is 24.0 Å². The third-order valence-corrected chi connectivity index (χ3v) is 2.52. The van der Waals surface area contributed by atoms with Crippen LogP contribution in [0.4, 0.5) is 15.8 Å². The topological polar surface area (TPSA) is 135 Å². The summed E-state index contributed by atoms with van der Waals surface area (Å²) in [6.07, 6.45) is 2.22. The van der Waals surface area contributed by atoms with Gasteiger partial charge >= 0.3 is 11.7 Å². The second-order valence-corrected chi connectivity index (χ2v) is 3.94. The second-order valence-electron chi connectivity index (χ2n) is 3.94. The molecule has 0 bridgehead atoms. The minimum Gasteiger partial charge on any atom is -0.476 e. The van der Waals surface area contributed by atoms with Crippen molar-refractivity contribution in [3.63, 3.8) is 0 Å². The number of aromatic nitrogens is 2. The molecular weight excluding hydrogens is 299 g/mol. The van der Waals surface area contributed by atoms with Crippen LogP contribution in [-0.2, 0) is 0 Å². The Kier molecular flexibility index (Phi) is 4.02. The van der Waals surface area contributed by atoms with Crippen LogP contribution >= 0.6 is 0 Å². The van der Waals surface area contributed by atoms with Crippen LogP contribution in [0.5, 0.6) is 0 Å². The van der Waals surface area contributed by atoms with Gasteiger partial charge in [0.1, 0.15) is 0 Å². The van der Waals surface area contributed by atoms with Crippen LogP contribution in [-0.4, -0.2) is 31.9 Å².